The number of esters is 1. The fourth-order valence-corrected chi connectivity index (χ4v) is 3.07. The Morgan fingerprint density at radius 2 is 1.76 bits per heavy atom. The van der Waals surface area contributed by atoms with E-state index in [4.69, 9.17) is 9.47 Å². The molecular weight excluding hydrogens is 272 g/mol. The number of likely N-dealkylation sites (tertiary alicyclic amines) is 2. The summed E-state index contributed by atoms with van der Waals surface area (Å²) in [6.07, 6.45) is 2.57. The first-order valence-electron chi connectivity index (χ1n) is 7.63. The second-order valence-corrected chi connectivity index (χ2v) is 6.80. The zero-order valence-electron chi connectivity index (χ0n) is 13.4. The third kappa shape index (κ3) is 3.87. The molecule has 120 valence electrons. The maximum absolute atomic E-state index is 12.3. The van der Waals surface area contributed by atoms with Gasteiger partial charge in [0.25, 0.3) is 0 Å². The minimum atomic E-state index is -0.566. The molecule has 0 spiro atoms. The van der Waals surface area contributed by atoms with Gasteiger partial charge in [-0.25, -0.2) is 9.59 Å². The van der Waals surface area contributed by atoms with Crippen LogP contribution in [-0.2, 0) is 14.3 Å². The fraction of sp³-hybridized carbons (Fsp3) is 0.867. The third-order valence-corrected chi connectivity index (χ3v) is 4.04. The zero-order chi connectivity index (χ0) is 15.6. The number of methoxy groups -OCH3 is 1. The molecule has 1 unspecified atom stereocenters. The van der Waals surface area contributed by atoms with Crippen molar-refractivity contribution in [2.75, 3.05) is 26.7 Å². The number of hydrogen-bond donors (Lipinski definition) is 0. The normalized spacial score (nSPS) is 27.0. The Morgan fingerprint density at radius 1 is 1.14 bits per heavy atom. The predicted octanol–water partition coefficient (Wildman–Crippen LogP) is 1.63. The molecule has 0 aromatic rings. The van der Waals surface area contributed by atoms with E-state index in [0.29, 0.717) is 13.0 Å². The first-order valence-corrected chi connectivity index (χ1v) is 7.63. The number of amides is 1. The maximum Gasteiger partial charge on any atom is 0.411 e. The largest absolute Gasteiger partial charge is 0.467 e. The van der Waals surface area contributed by atoms with Gasteiger partial charge in [-0.05, 0) is 53.1 Å². The van der Waals surface area contributed by atoms with E-state index in [1.807, 2.05) is 20.8 Å². The fourth-order valence-electron chi connectivity index (χ4n) is 3.07. The Labute approximate surface area is 126 Å². The van der Waals surface area contributed by atoms with E-state index >= 15 is 0 Å². The van der Waals surface area contributed by atoms with Gasteiger partial charge in [0.2, 0.25) is 0 Å². The van der Waals surface area contributed by atoms with Gasteiger partial charge in [-0.1, -0.05) is 0 Å². The molecule has 2 rings (SSSR count). The molecule has 1 amide bonds. The van der Waals surface area contributed by atoms with Gasteiger partial charge in [-0.3, -0.25) is 9.80 Å². The Kier molecular flexibility index (Phi) is 4.76. The predicted molar refractivity (Wildman–Crippen MR) is 78.0 cm³/mol. The van der Waals surface area contributed by atoms with Crippen LogP contribution in [0, 0.1) is 0 Å². The zero-order valence-corrected chi connectivity index (χ0v) is 13.4. The summed E-state index contributed by atoms with van der Waals surface area (Å²) in [5.41, 5.74) is -0.566. The number of carbonyl (C=O) groups excluding carboxylic acids is 2. The molecule has 0 aromatic heterocycles. The Bertz CT molecular complexity index is 399. The monoisotopic (exact) mass is 298 g/mol. The summed E-state index contributed by atoms with van der Waals surface area (Å²) in [5.74, 6) is -0.359. The summed E-state index contributed by atoms with van der Waals surface area (Å²) < 4.78 is 10.3. The van der Waals surface area contributed by atoms with Crippen molar-refractivity contribution >= 4 is 12.1 Å². The van der Waals surface area contributed by atoms with E-state index in [0.717, 1.165) is 13.1 Å². The number of rotatable bonds is 2. The average Bonchev–Trinajstić information content (AvgIpc) is 3.04. The number of hydrogen-bond acceptors (Lipinski definition) is 5. The van der Waals surface area contributed by atoms with Crippen LogP contribution in [0.5, 0.6) is 0 Å². The third-order valence-electron chi connectivity index (χ3n) is 4.04. The Hall–Kier alpha value is -1.30. The van der Waals surface area contributed by atoms with Gasteiger partial charge < -0.3 is 9.47 Å². The van der Waals surface area contributed by atoms with E-state index in [1.54, 1.807) is 0 Å². The molecule has 0 radical (unpaired) electrons. The van der Waals surface area contributed by atoms with Crippen molar-refractivity contribution < 1.29 is 19.1 Å². The lowest BCUT2D eigenvalue weighted by Gasteiger charge is -2.27. The van der Waals surface area contributed by atoms with Crippen LogP contribution < -0.4 is 0 Å². The van der Waals surface area contributed by atoms with Crippen molar-refractivity contribution in [2.24, 2.45) is 0 Å². The summed E-state index contributed by atoms with van der Waals surface area (Å²) >= 11 is 0. The molecule has 2 atom stereocenters. The van der Waals surface area contributed by atoms with Crippen molar-refractivity contribution in [1.29, 1.82) is 0 Å². The van der Waals surface area contributed by atoms with Crippen LogP contribution in [0.3, 0.4) is 0 Å². The molecule has 0 bridgehead atoms. The smallest absolute Gasteiger partial charge is 0.411 e. The maximum atomic E-state index is 12.3. The topological polar surface area (TPSA) is 59.1 Å². The molecule has 0 saturated carbocycles. The van der Waals surface area contributed by atoms with Crippen molar-refractivity contribution in [3.05, 3.63) is 0 Å². The quantitative estimate of drug-likeness (QED) is 0.725. The SMILES string of the molecule is COC(=O)C1C[C@H](N2CCCC2)CN1C(=O)OC(C)(C)C. The highest BCUT2D eigenvalue weighted by molar-refractivity contribution is 5.82. The van der Waals surface area contributed by atoms with E-state index in [2.05, 4.69) is 4.90 Å². The van der Waals surface area contributed by atoms with Gasteiger partial charge in [-0.2, -0.15) is 0 Å². The summed E-state index contributed by atoms with van der Waals surface area (Å²) in [5, 5.41) is 0. The van der Waals surface area contributed by atoms with Crippen molar-refractivity contribution in [3.8, 4) is 0 Å². The Morgan fingerprint density at radius 3 is 2.29 bits per heavy atom. The number of nitrogens with zero attached hydrogens (tertiary/aromatic N) is 2. The molecule has 2 aliphatic rings. The minimum absolute atomic E-state index is 0.226. The molecule has 6 nitrogen and oxygen atoms in total. The molecule has 21 heavy (non-hydrogen) atoms. The molecule has 6 heteroatoms. The molecular formula is C15H26N2O4. The first kappa shape index (κ1) is 16.1. The van der Waals surface area contributed by atoms with Crippen LogP contribution in [0.1, 0.15) is 40.0 Å². The van der Waals surface area contributed by atoms with Crippen LogP contribution in [0.2, 0.25) is 0 Å². The van der Waals surface area contributed by atoms with Gasteiger partial charge in [0.15, 0.2) is 0 Å². The van der Waals surface area contributed by atoms with Crippen molar-refractivity contribution in [2.45, 2.75) is 57.7 Å². The summed E-state index contributed by atoms with van der Waals surface area (Å²) in [4.78, 5) is 28.2. The van der Waals surface area contributed by atoms with Crippen LogP contribution in [0.25, 0.3) is 0 Å². The average molecular weight is 298 g/mol. The molecule has 0 aliphatic carbocycles. The lowest BCUT2D eigenvalue weighted by molar-refractivity contribution is -0.145. The number of ether oxygens (including phenoxy) is 2. The lowest BCUT2D eigenvalue weighted by Crippen LogP contribution is -2.44. The standard InChI is InChI=1S/C15H26N2O4/c1-15(2,3)21-14(19)17-10-11(16-7-5-6-8-16)9-12(17)13(18)20-4/h11-12H,5-10H2,1-4H3/t11-,12?/m0/s1. The highest BCUT2D eigenvalue weighted by atomic mass is 16.6. The van der Waals surface area contributed by atoms with Gasteiger partial charge in [0.05, 0.1) is 7.11 Å². The molecule has 0 N–H and O–H groups in total. The summed E-state index contributed by atoms with van der Waals surface area (Å²) in [7, 11) is 1.36. The van der Waals surface area contributed by atoms with Gasteiger partial charge in [0.1, 0.15) is 11.6 Å². The highest BCUT2D eigenvalue weighted by Gasteiger charge is 2.44. The van der Waals surface area contributed by atoms with E-state index in [9.17, 15) is 9.59 Å². The van der Waals surface area contributed by atoms with Gasteiger partial charge >= 0.3 is 12.1 Å². The first-order chi connectivity index (χ1) is 9.81. The van der Waals surface area contributed by atoms with Crippen LogP contribution in [0.15, 0.2) is 0 Å². The second kappa shape index (κ2) is 6.22. The minimum Gasteiger partial charge on any atom is -0.467 e. The van der Waals surface area contributed by atoms with Crippen LogP contribution in [-0.4, -0.2) is 66.3 Å². The molecule has 2 aliphatic heterocycles. The molecule has 0 aromatic carbocycles. The molecule has 2 saturated heterocycles. The van der Waals surface area contributed by atoms with Crippen LogP contribution >= 0.6 is 0 Å². The lowest BCUT2D eigenvalue weighted by atomic mass is 10.1. The van der Waals surface area contributed by atoms with Crippen molar-refractivity contribution in [1.82, 2.24) is 9.80 Å². The van der Waals surface area contributed by atoms with Gasteiger partial charge in [-0.15, -0.1) is 0 Å². The molecule has 2 heterocycles. The van der Waals surface area contributed by atoms with Crippen LogP contribution in [0.4, 0.5) is 4.79 Å². The number of carbonyl (C=O) groups is 2. The Balaban J connectivity index is 2.08. The van der Waals surface area contributed by atoms with Gasteiger partial charge in [0, 0.05) is 12.6 Å². The van der Waals surface area contributed by atoms with E-state index < -0.39 is 17.7 Å². The summed E-state index contributed by atoms with van der Waals surface area (Å²) in [6, 6.07) is -0.306. The second-order valence-electron chi connectivity index (χ2n) is 6.80. The molecule has 2 fully saturated rings. The van der Waals surface area contributed by atoms with Crippen molar-refractivity contribution in [3.63, 3.8) is 0 Å². The summed E-state index contributed by atoms with van der Waals surface area (Å²) in [6.45, 7) is 8.10. The highest BCUT2D eigenvalue weighted by Crippen LogP contribution is 2.27. The van der Waals surface area contributed by atoms with E-state index in [1.165, 1.54) is 24.9 Å². The van der Waals surface area contributed by atoms with E-state index in [-0.39, 0.29) is 12.0 Å².